The standard InChI is InChI=1S/C14H20F3N5O2/c1-4-5-9-12(23)18-6-7-22(9)13(24)19-11-8(2)10(14(15,16)17)20-21(11)3/h9H,4-7H2,1-3H3,(H,18,23)(H,19,24). The van der Waals surface area contributed by atoms with E-state index < -0.39 is 23.9 Å². The highest BCUT2D eigenvalue weighted by Gasteiger charge is 2.38. The molecule has 1 aliphatic rings. The molecule has 1 unspecified atom stereocenters. The number of aromatic nitrogens is 2. The van der Waals surface area contributed by atoms with Crippen LogP contribution in [0.2, 0.25) is 0 Å². The van der Waals surface area contributed by atoms with Crippen molar-refractivity contribution in [2.75, 3.05) is 18.4 Å². The number of hydrogen-bond donors (Lipinski definition) is 2. The van der Waals surface area contributed by atoms with Gasteiger partial charge in [-0.15, -0.1) is 0 Å². The van der Waals surface area contributed by atoms with Crippen LogP contribution in [0.25, 0.3) is 0 Å². The summed E-state index contributed by atoms with van der Waals surface area (Å²) >= 11 is 0. The van der Waals surface area contributed by atoms with E-state index in [1.54, 1.807) is 0 Å². The summed E-state index contributed by atoms with van der Waals surface area (Å²) in [7, 11) is 1.32. The Morgan fingerprint density at radius 1 is 1.46 bits per heavy atom. The molecule has 0 bridgehead atoms. The highest BCUT2D eigenvalue weighted by molar-refractivity contribution is 5.94. The van der Waals surface area contributed by atoms with E-state index in [0.717, 1.165) is 4.68 Å². The molecule has 1 saturated heterocycles. The molecule has 1 aromatic heterocycles. The lowest BCUT2D eigenvalue weighted by atomic mass is 10.1. The van der Waals surface area contributed by atoms with E-state index in [0.29, 0.717) is 25.9 Å². The summed E-state index contributed by atoms with van der Waals surface area (Å²) in [5.74, 6) is -0.287. The van der Waals surface area contributed by atoms with Crippen LogP contribution < -0.4 is 10.6 Å². The average molecular weight is 347 g/mol. The second kappa shape index (κ2) is 6.70. The predicted octanol–water partition coefficient (Wildman–Crippen LogP) is 1.88. The van der Waals surface area contributed by atoms with E-state index in [9.17, 15) is 22.8 Å². The third-order valence-electron chi connectivity index (χ3n) is 3.93. The first-order valence-corrected chi connectivity index (χ1v) is 7.63. The van der Waals surface area contributed by atoms with Crippen LogP contribution in [0.4, 0.5) is 23.8 Å². The third kappa shape index (κ3) is 3.46. The largest absolute Gasteiger partial charge is 0.435 e. The van der Waals surface area contributed by atoms with E-state index in [-0.39, 0.29) is 17.3 Å². The first-order valence-electron chi connectivity index (χ1n) is 7.63. The van der Waals surface area contributed by atoms with Gasteiger partial charge < -0.3 is 10.2 Å². The van der Waals surface area contributed by atoms with Gasteiger partial charge in [-0.05, 0) is 13.3 Å². The number of alkyl halides is 3. The second-order valence-electron chi connectivity index (χ2n) is 5.66. The highest BCUT2D eigenvalue weighted by atomic mass is 19.4. The molecule has 2 N–H and O–H groups in total. The number of halogens is 3. The maximum atomic E-state index is 12.9. The number of piperazine rings is 1. The fourth-order valence-electron chi connectivity index (χ4n) is 2.77. The number of anilines is 1. The molecule has 0 spiro atoms. The molecule has 7 nitrogen and oxygen atoms in total. The van der Waals surface area contributed by atoms with Gasteiger partial charge in [0, 0.05) is 25.7 Å². The monoisotopic (exact) mass is 347 g/mol. The Balaban J connectivity index is 2.23. The predicted molar refractivity (Wildman–Crippen MR) is 80.4 cm³/mol. The summed E-state index contributed by atoms with van der Waals surface area (Å²) < 4.78 is 39.7. The fourth-order valence-corrected chi connectivity index (χ4v) is 2.77. The molecule has 0 saturated carbocycles. The molecule has 0 radical (unpaired) electrons. The minimum absolute atomic E-state index is 0.0337. The fraction of sp³-hybridized carbons (Fsp3) is 0.643. The number of aryl methyl sites for hydroxylation is 1. The molecular weight excluding hydrogens is 327 g/mol. The maximum Gasteiger partial charge on any atom is 0.435 e. The summed E-state index contributed by atoms with van der Waals surface area (Å²) in [6, 6.07) is -1.23. The van der Waals surface area contributed by atoms with Gasteiger partial charge in [0.15, 0.2) is 5.69 Å². The minimum atomic E-state index is -4.60. The van der Waals surface area contributed by atoms with Gasteiger partial charge in [-0.1, -0.05) is 13.3 Å². The van der Waals surface area contributed by atoms with E-state index in [2.05, 4.69) is 15.7 Å². The van der Waals surface area contributed by atoms with Crippen molar-refractivity contribution in [3.63, 3.8) is 0 Å². The normalized spacial score (nSPS) is 18.5. The van der Waals surface area contributed by atoms with Gasteiger partial charge in [-0.3, -0.25) is 14.8 Å². The van der Waals surface area contributed by atoms with Crippen LogP contribution in [0, 0.1) is 6.92 Å². The lowest BCUT2D eigenvalue weighted by Crippen LogP contribution is -2.58. The Morgan fingerprint density at radius 3 is 2.67 bits per heavy atom. The number of nitrogens with zero attached hydrogens (tertiary/aromatic N) is 3. The topological polar surface area (TPSA) is 79.3 Å². The van der Waals surface area contributed by atoms with Crippen LogP contribution >= 0.6 is 0 Å². The number of carbonyl (C=O) groups is 2. The van der Waals surface area contributed by atoms with Gasteiger partial charge >= 0.3 is 12.2 Å². The van der Waals surface area contributed by atoms with E-state index in [1.807, 2.05) is 6.92 Å². The van der Waals surface area contributed by atoms with Gasteiger partial charge in [-0.25, -0.2) is 4.79 Å². The molecule has 0 aromatic carbocycles. The number of urea groups is 1. The first-order chi connectivity index (χ1) is 11.2. The number of carbonyl (C=O) groups excluding carboxylic acids is 2. The van der Waals surface area contributed by atoms with Gasteiger partial charge in [0.25, 0.3) is 0 Å². The Hall–Kier alpha value is -2.26. The molecule has 1 aliphatic heterocycles. The minimum Gasteiger partial charge on any atom is -0.353 e. The molecule has 1 atom stereocenters. The average Bonchev–Trinajstić information content (AvgIpc) is 2.77. The van der Waals surface area contributed by atoms with Crippen molar-refractivity contribution < 1.29 is 22.8 Å². The van der Waals surface area contributed by atoms with Gasteiger partial charge in [0.05, 0.1) is 0 Å². The summed E-state index contributed by atoms with van der Waals surface area (Å²) in [5.41, 5.74) is -1.20. The van der Waals surface area contributed by atoms with Gasteiger partial charge in [-0.2, -0.15) is 18.3 Å². The van der Waals surface area contributed by atoms with Crippen molar-refractivity contribution in [1.82, 2.24) is 20.0 Å². The number of nitrogens with one attached hydrogen (secondary N) is 2. The van der Waals surface area contributed by atoms with Crippen LogP contribution in [-0.2, 0) is 18.0 Å². The van der Waals surface area contributed by atoms with Crippen LogP contribution in [0.1, 0.15) is 31.0 Å². The van der Waals surface area contributed by atoms with Crippen molar-refractivity contribution in [3.8, 4) is 0 Å². The first kappa shape index (κ1) is 18.1. The molecule has 2 rings (SSSR count). The molecule has 10 heteroatoms. The van der Waals surface area contributed by atoms with E-state index in [1.165, 1.54) is 18.9 Å². The second-order valence-corrected chi connectivity index (χ2v) is 5.66. The van der Waals surface area contributed by atoms with Crippen molar-refractivity contribution in [1.29, 1.82) is 0 Å². The van der Waals surface area contributed by atoms with Crippen molar-refractivity contribution in [2.24, 2.45) is 7.05 Å². The van der Waals surface area contributed by atoms with Crippen LogP contribution in [-0.4, -0.2) is 45.8 Å². The Kier molecular flexibility index (Phi) is 5.05. The van der Waals surface area contributed by atoms with Crippen LogP contribution in [0.5, 0.6) is 0 Å². The molecule has 3 amide bonds. The van der Waals surface area contributed by atoms with Crippen molar-refractivity contribution >= 4 is 17.8 Å². The lowest BCUT2D eigenvalue weighted by Gasteiger charge is -2.34. The zero-order valence-electron chi connectivity index (χ0n) is 13.7. The number of hydrogen-bond acceptors (Lipinski definition) is 3. The Bertz CT molecular complexity index is 641. The summed E-state index contributed by atoms with van der Waals surface area (Å²) in [4.78, 5) is 25.7. The molecule has 2 heterocycles. The molecule has 1 aromatic rings. The zero-order chi connectivity index (χ0) is 18.1. The number of amides is 3. The smallest absolute Gasteiger partial charge is 0.353 e. The SMILES string of the molecule is CCCC1C(=O)NCCN1C(=O)Nc1c(C)c(C(F)(F)F)nn1C. The van der Waals surface area contributed by atoms with Crippen LogP contribution in [0.15, 0.2) is 0 Å². The van der Waals surface area contributed by atoms with Gasteiger partial charge in [0.1, 0.15) is 11.9 Å². The van der Waals surface area contributed by atoms with Crippen molar-refractivity contribution in [2.45, 2.75) is 38.9 Å². The Morgan fingerprint density at radius 2 is 2.12 bits per heavy atom. The Labute approximate surface area is 137 Å². The molecule has 24 heavy (non-hydrogen) atoms. The van der Waals surface area contributed by atoms with E-state index >= 15 is 0 Å². The molecule has 134 valence electrons. The van der Waals surface area contributed by atoms with E-state index in [4.69, 9.17) is 0 Å². The highest BCUT2D eigenvalue weighted by Crippen LogP contribution is 2.33. The van der Waals surface area contributed by atoms with Gasteiger partial charge in [0.2, 0.25) is 5.91 Å². The summed E-state index contributed by atoms with van der Waals surface area (Å²) in [6.07, 6.45) is -3.41. The third-order valence-corrected chi connectivity index (χ3v) is 3.93. The zero-order valence-corrected chi connectivity index (χ0v) is 13.7. The van der Waals surface area contributed by atoms with Crippen LogP contribution in [0.3, 0.4) is 0 Å². The lowest BCUT2D eigenvalue weighted by molar-refractivity contribution is -0.141. The summed E-state index contributed by atoms with van der Waals surface area (Å²) in [6.45, 7) is 3.74. The summed E-state index contributed by atoms with van der Waals surface area (Å²) in [5, 5.41) is 8.57. The quantitative estimate of drug-likeness (QED) is 0.876. The maximum absolute atomic E-state index is 12.9. The van der Waals surface area contributed by atoms with Crippen molar-refractivity contribution in [3.05, 3.63) is 11.3 Å². The molecule has 0 aliphatic carbocycles. The number of rotatable bonds is 3. The molecule has 1 fully saturated rings. The molecular formula is C14H20F3N5O2.